The fourth-order valence-electron chi connectivity index (χ4n) is 2.34. The van der Waals surface area contributed by atoms with Crippen LogP contribution >= 0.6 is 0 Å². The molecule has 0 unspecified atom stereocenters. The number of ketones is 1. The lowest BCUT2D eigenvalue weighted by molar-refractivity contribution is 0.0964. The van der Waals surface area contributed by atoms with Gasteiger partial charge in [-0.25, -0.2) is 0 Å². The molecule has 0 heterocycles. The zero-order valence-corrected chi connectivity index (χ0v) is 12.5. The first kappa shape index (κ1) is 15.3. The molecule has 0 saturated carbocycles. The van der Waals surface area contributed by atoms with Crippen LogP contribution in [0.5, 0.6) is 0 Å². The maximum absolute atomic E-state index is 12.2. The normalized spacial score (nSPS) is 10.8. The summed E-state index contributed by atoms with van der Waals surface area (Å²) in [6.45, 7) is 4.66. The van der Waals surface area contributed by atoms with Crippen molar-refractivity contribution in [2.24, 2.45) is 0 Å². The van der Waals surface area contributed by atoms with E-state index in [9.17, 15) is 4.79 Å². The van der Waals surface area contributed by atoms with Gasteiger partial charge in [0.1, 0.15) is 0 Å². The number of nitrogen functional groups attached to an aromatic ring is 1. The van der Waals surface area contributed by atoms with Crippen molar-refractivity contribution in [2.45, 2.75) is 19.9 Å². The molecule has 0 aliphatic rings. The van der Waals surface area contributed by atoms with Crippen LogP contribution in [0.2, 0.25) is 0 Å². The zero-order chi connectivity index (χ0) is 15.1. The number of hydrogen-bond acceptors (Lipinski definition) is 3. The van der Waals surface area contributed by atoms with Gasteiger partial charge in [0.2, 0.25) is 0 Å². The van der Waals surface area contributed by atoms with Gasteiger partial charge < -0.3 is 5.73 Å². The molecule has 0 bridgehead atoms. The van der Waals surface area contributed by atoms with Crippen LogP contribution in [0.1, 0.15) is 29.3 Å². The predicted octanol–water partition coefficient (Wildman–Crippen LogP) is 3.36. The van der Waals surface area contributed by atoms with Gasteiger partial charge in [0.15, 0.2) is 5.78 Å². The first-order valence-corrected chi connectivity index (χ1v) is 7.34. The van der Waals surface area contributed by atoms with E-state index in [-0.39, 0.29) is 5.78 Å². The van der Waals surface area contributed by atoms with E-state index in [4.69, 9.17) is 5.73 Å². The molecule has 0 aliphatic carbocycles. The number of benzene rings is 2. The third-order valence-corrected chi connectivity index (χ3v) is 3.61. The molecular weight excluding hydrogens is 260 g/mol. The number of carbonyl (C=O) groups excluding carboxylic acids is 1. The number of nitrogens with two attached hydrogens (primary N) is 1. The third-order valence-electron chi connectivity index (χ3n) is 3.61. The zero-order valence-electron chi connectivity index (χ0n) is 12.5. The quantitative estimate of drug-likeness (QED) is 0.625. The Morgan fingerprint density at radius 2 is 1.71 bits per heavy atom. The van der Waals surface area contributed by atoms with Crippen LogP contribution < -0.4 is 5.73 Å². The number of anilines is 1. The summed E-state index contributed by atoms with van der Waals surface area (Å²) in [6.07, 6.45) is 0.495. The lowest BCUT2D eigenvalue weighted by Crippen LogP contribution is -2.26. The van der Waals surface area contributed by atoms with Crippen molar-refractivity contribution in [3.8, 4) is 0 Å². The lowest BCUT2D eigenvalue weighted by atomic mass is 10.1. The smallest absolute Gasteiger partial charge is 0.166 e. The van der Waals surface area contributed by atoms with Crippen molar-refractivity contribution in [3.63, 3.8) is 0 Å². The Bertz CT molecular complexity index is 581. The van der Waals surface area contributed by atoms with E-state index in [0.717, 1.165) is 19.6 Å². The second kappa shape index (κ2) is 7.60. The molecule has 2 rings (SSSR count). The second-order valence-electron chi connectivity index (χ2n) is 5.11. The number of para-hydroxylation sites is 1. The standard InChI is InChI=1S/C18H22N2O/c1-2-20(14-15-8-4-3-5-9-15)13-12-18(21)16-10-6-7-11-17(16)19/h3-11H,2,12-14,19H2,1H3. The topological polar surface area (TPSA) is 46.3 Å². The monoisotopic (exact) mass is 282 g/mol. The first-order valence-electron chi connectivity index (χ1n) is 7.34. The summed E-state index contributed by atoms with van der Waals surface area (Å²) in [7, 11) is 0. The highest BCUT2D eigenvalue weighted by Gasteiger charge is 2.11. The van der Waals surface area contributed by atoms with Gasteiger partial charge in [0.05, 0.1) is 0 Å². The SMILES string of the molecule is CCN(CCC(=O)c1ccccc1N)Cc1ccccc1. The molecule has 0 radical (unpaired) electrons. The summed E-state index contributed by atoms with van der Waals surface area (Å²) in [4.78, 5) is 14.5. The van der Waals surface area contributed by atoms with Crippen LogP contribution in [0.4, 0.5) is 5.69 Å². The molecule has 0 aromatic heterocycles. The van der Waals surface area contributed by atoms with Crippen molar-refractivity contribution in [1.82, 2.24) is 4.90 Å². The van der Waals surface area contributed by atoms with Crippen LogP contribution in [0, 0.1) is 0 Å². The fraction of sp³-hybridized carbons (Fsp3) is 0.278. The van der Waals surface area contributed by atoms with Gasteiger partial charge in [-0.15, -0.1) is 0 Å². The summed E-state index contributed by atoms with van der Waals surface area (Å²) in [6, 6.07) is 17.6. The summed E-state index contributed by atoms with van der Waals surface area (Å²) in [5, 5.41) is 0. The minimum Gasteiger partial charge on any atom is -0.398 e. The fourth-order valence-corrected chi connectivity index (χ4v) is 2.34. The molecule has 0 atom stereocenters. The number of hydrogen-bond donors (Lipinski definition) is 1. The Morgan fingerprint density at radius 1 is 1.05 bits per heavy atom. The van der Waals surface area contributed by atoms with Gasteiger partial charge >= 0.3 is 0 Å². The molecule has 0 saturated heterocycles. The third kappa shape index (κ3) is 4.43. The Morgan fingerprint density at radius 3 is 2.38 bits per heavy atom. The van der Waals surface area contributed by atoms with Gasteiger partial charge in [-0.3, -0.25) is 9.69 Å². The molecule has 110 valence electrons. The molecule has 3 heteroatoms. The molecule has 21 heavy (non-hydrogen) atoms. The van der Waals surface area contributed by atoms with Crippen molar-refractivity contribution in [3.05, 3.63) is 65.7 Å². The molecule has 2 aromatic carbocycles. The van der Waals surface area contributed by atoms with Gasteiger partial charge in [-0.1, -0.05) is 49.4 Å². The number of Topliss-reactive ketones (excluding diaryl/α,β-unsaturated/α-hetero) is 1. The summed E-state index contributed by atoms with van der Waals surface area (Å²) in [5.41, 5.74) is 8.32. The highest BCUT2D eigenvalue weighted by Crippen LogP contribution is 2.13. The van der Waals surface area contributed by atoms with Crippen LogP contribution in [0.25, 0.3) is 0 Å². The highest BCUT2D eigenvalue weighted by molar-refractivity contribution is 6.00. The van der Waals surface area contributed by atoms with E-state index in [0.29, 0.717) is 17.7 Å². The van der Waals surface area contributed by atoms with E-state index in [1.54, 1.807) is 12.1 Å². The van der Waals surface area contributed by atoms with E-state index < -0.39 is 0 Å². The summed E-state index contributed by atoms with van der Waals surface area (Å²) < 4.78 is 0. The molecule has 0 spiro atoms. The molecule has 0 amide bonds. The van der Waals surface area contributed by atoms with Crippen LogP contribution in [0.3, 0.4) is 0 Å². The first-order chi connectivity index (χ1) is 10.2. The number of rotatable bonds is 7. The van der Waals surface area contributed by atoms with E-state index in [1.807, 2.05) is 30.3 Å². The molecule has 2 aromatic rings. The van der Waals surface area contributed by atoms with Crippen LogP contribution in [0.15, 0.2) is 54.6 Å². The highest BCUT2D eigenvalue weighted by atomic mass is 16.1. The van der Waals surface area contributed by atoms with Gasteiger partial charge in [0, 0.05) is 30.8 Å². The predicted molar refractivity (Wildman–Crippen MR) is 87.2 cm³/mol. The Balaban J connectivity index is 1.91. The Labute approximate surface area is 126 Å². The second-order valence-corrected chi connectivity index (χ2v) is 5.11. The maximum Gasteiger partial charge on any atom is 0.166 e. The van der Waals surface area contributed by atoms with Crippen molar-refractivity contribution >= 4 is 11.5 Å². The van der Waals surface area contributed by atoms with Gasteiger partial charge in [-0.05, 0) is 24.2 Å². The van der Waals surface area contributed by atoms with Gasteiger partial charge in [0.25, 0.3) is 0 Å². The average molecular weight is 282 g/mol. The number of nitrogens with zero attached hydrogens (tertiary/aromatic N) is 1. The average Bonchev–Trinajstić information content (AvgIpc) is 2.52. The van der Waals surface area contributed by atoms with E-state index >= 15 is 0 Å². The van der Waals surface area contributed by atoms with Crippen LogP contribution in [-0.2, 0) is 6.54 Å². The largest absolute Gasteiger partial charge is 0.398 e. The summed E-state index contributed by atoms with van der Waals surface area (Å²) in [5.74, 6) is 0.111. The van der Waals surface area contributed by atoms with Gasteiger partial charge in [-0.2, -0.15) is 0 Å². The van der Waals surface area contributed by atoms with E-state index in [2.05, 4.69) is 24.0 Å². The van der Waals surface area contributed by atoms with Crippen LogP contribution in [-0.4, -0.2) is 23.8 Å². The number of carbonyl (C=O) groups is 1. The molecule has 0 fully saturated rings. The van der Waals surface area contributed by atoms with Crippen molar-refractivity contribution < 1.29 is 4.79 Å². The van der Waals surface area contributed by atoms with Crippen molar-refractivity contribution in [1.29, 1.82) is 0 Å². The summed E-state index contributed by atoms with van der Waals surface area (Å²) >= 11 is 0. The Kier molecular flexibility index (Phi) is 5.52. The molecule has 0 aliphatic heterocycles. The molecule has 2 N–H and O–H groups in total. The van der Waals surface area contributed by atoms with E-state index in [1.165, 1.54) is 5.56 Å². The maximum atomic E-state index is 12.2. The molecule has 3 nitrogen and oxygen atoms in total. The molecular formula is C18H22N2O. The Hall–Kier alpha value is -2.13. The lowest BCUT2D eigenvalue weighted by Gasteiger charge is -2.20. The van der Waals surface area contributed by atoms with Crippen molar-refractivity contribution in [2.75, 3.05) is 18.8 Å². The minimum absolute atomic E-state index is 0.111. The minimum atomic E-state index is 0.111.